The second-order valence-corrected chi connectivity index (χ2v) is 6.22. The fourth-order valence-corrected chi connectivity index (χ4v) is 2.55. The van der Waals surface area contributed by atoms with Gasteiger partial charge in [-0.25, -0.2) is 0 Å². The summed E-state index contributed by atoms with van der Waals surface area (Å²) in [5.41, 5.74) is 0.864. The van der Waals surface area contributed by atoms with Crippen LogP contribution in [0.5, 0.6) is 5.75 Å². The molecule has 0 saturated carbocycles. The number of hydrogen-bond acceptors (Lipinski definition) is 5. The molecule has 0 atom stereocenters. The Morgan fingerprint density at radius 3 is 2.57 bits per heavy atom. The molecule has 0 aliphatic carbocycles. The monoisotopic (exact) mass is 322 g/mol. The Balaban J connectivity index is 1.99. The number of thiocarbonyl (C=S) groups is 1. The third-order valence-electron chi connectivity index (χ3n) is 2.68. The van der Waals surface area contributed by atoms with Gasteiger partial charge in [0.05, 0.1) is 4.91 Å². The van der Waals surface area contributed by atoms with Crippen LogP contribution < -0.4 is 10.1 Å². The standard InChI is InChI=1S/C14H14N2O3S2/c1-16(2)12(17)8-19-10-5-3-9(4-6-10)7-11-13(18)15-14(20)21-11/h3-7H,8H2,1-2H3,(H,15,18,20)/b11-7-. The molecule has 5 nitrogen and oxygen atoms in total. The van der Waals surface area contributed by atoms with Crippen LogP contribution in [-0.4, -0.2) is 41.7 Å². The predicted octanol–water partition coefficient (Wildman–Crippen LogP) is 1.64. The van der Waals surface area contributed by atoms with Crippen molar-refractivity contribution >= 4 is 46.2 Å². The lowest BCUT2D eigenvalue weighted by molar-refractivity contribution is -0.130. The number of rotatable bonds is 4. The number of hydrogen-bond donors (Lipinski definition) is 1. The zero-order valence-corrected chi connectivity index (χ0v) is 13.2. The van der Waals surface area contributed by atoms with Crippen LogP contribution in [0.15, 0.2) is 29.2 Å². The number of amides is 2. The lowest BCUT2D eigenvalue weighted by Gasteiger charge is -2.11. The van der Waals surface area contributed by atoms with Gasteiger partial charge in [0.15, 0.2) is 6.61 Å². The molecule has 0 radical (unpaired) electrons. The van der Waals surface area contributed by atoms with Crippen molar-refractivity contribution in [3.05, 3.63) is 34.7 Å². The largest absolute Gasteiger partial charge is 0.484 e. The number of nitrogens with zero attached hydrogens (tertiary/aromatic N) is 1. The van der Waals surface area contributed by atoms with Crippen LogP contribution in [0.25, 0.3) is 6.08 Å². The summed E-state index contributed by atoms with van der Waals surface area (Å²) in [7, 11) is 3.35. The van der Waals surface area contributed by atoms with Gasteiger partial charge in [-0.15, -0.1) is 0 Å². The molecule has 1 aliphatic rings. The maximum atomic E-state index is 11.5. The van der Waals surface area contributed by atoms with Crippen molar-refractivity contribution in [3.8, 4) is 5.75 Å². The molecule has 0 spiro atoms. The minimum Gasteiger partial charge on any atom is -0.484 e. The van der Waals surface area contributed by atoms with Crippen LogP contribution in [0.2, 0.25) is 0 Å². The molecule has 2 amide bonds. The first-order valence-electron chi connectivity index (χ1n) is 6.13. The van der Waals surface area contributed by atoms with Crippen LogP contribution in [-0.2, 0) is 9.59 Å². The topological polar surface area (TPSA) is 58.6 Å². The van der Waals surface area contributed by atoms with Gasteiger partial charge in [-0.05, 0) is 23.8 Å². The highest BCUT2D eigenvalue weighted by Crippen LogP contribution is 2.26. The van der Waals surface area contributed by atoms with Gasteiger partial charge in [-0.2, -0.15) is 0 Å². The Hall–Kier alpha value is -1.86. The van der Waals surface area contributed by atoms with Crippen molar-refractivity contribution in [2.75, 3.05) is 20.7 Å². The second-order valence-electron chi connectivity index (χ2n) is 4.50. The van der Waals surface area contributed by atoms with E-state index in [1.54, 1.807) is 32.3 Å². The lowest BCUT2D eigenvalue weighted by Crippen LogP contribution is -2.27. The van der Waals surface area contributed by atoms with Crippen molar-refractivity contribution in [1.29, 1.82) is 0 Å². The fourth-order valence-electron chi connectivity index (χ4n) is 1.51. The van der Waals surface area contributed by atoms with Crippen molar-refractivity contribution in [3.63, 3.8) is 0 Å². The molecule has 0 bridgehead atoms. The van der Waals surface area contributed by atoms with E-state index in [4.69, 9.17) is 17.0 Å². The number of thioether (sulfide) groups is 1. The molecular formula is C14H14N2O3S2. The van der Waals surface area contributed by atoms with Crippen LogP contribution >= 0.6 is 24.0 Å². The first kappa shape index (κ1) is 15.5. The minimum absolute atomic E-state index is 0.0000356. The number of carbonyl (C=O) groups is 2. The minimum atomic E-state index is -0.179. The molecule has 1 heterocycles. The van der Waals surface area contributed by atoms with E-state index in [-0.39, 0.29) is 18.4 Å². The van der Waals surface area contributed by atoms with Gasteiger partial charge in [0.1, 0.15) is 10.1 Å². The zero-order valence-electron chi connectivity index (χ0n) is 11.6. The van der Waals surface area contributed by atoms with E-state index in [1.807, 2.05) is 12.1 Å². The molecule has 1 aliphatic heterocycles. The van der Waals surface area contributed by atoms with Gasteiger partial charge in [0.2, 0.25) is 0 Å². The summed E-state index contributed by atoms with van der Waals surface area (Å²) in [6.07, 6.45) is 1.76. The number of nitrogens with one attached hydrogen (secondary N) is 1. The number of benzene rings is 1. The SMILES string of the molecule is CN(C)C(=O)COc1ccc(/C=C2\SC(=S)NC2=O)cc1. The van der Waals surface area contributed by atoms with E-state index in [9.17, 15) is 9.59 Å². The molecule has 7 heteroatoms. The molecule has 1 fully saturated rings. The van der Waals surface area contributed by atoms with E-state index in [0.29, 0.717) is 15.0 Å². The highest BCUT2D eigenvalue weighted by molar-refractivity contribution is 8.26. The van der Waals surface area contributed by atoms with E-state index >= 15 is 0 Å². The van der Waals surface area contributed by atoms with Crippen molar-refractivity contribution in [2.45, 2.75) is 0 Å². The Bertz CT molecular complexity index is 609. The van der Waals surface area contributed by atoms with Crippen LogP contribution in [0.1, 0.15) is 5.56 Å². The summed E-state index contributed by atoms with van der Waals surface area (Å²) >= 11 is 6.16. The highest BCUT2D eigenvalue weighted by atomic mass is 32.2. The summed E-state index contributed by atoms with van der Waals surface area (Å²) in [5, 5.41) is 2.56. The third kappa shape index (κ3) is 4.30. The maximum absolute atomic E-state index is 11.5. The Morgan fingerprint density at radius 2 is 2.05 bits per heavy atom. The van der Waals surface area contributed by atoms with Gasteiger partial charge >= 0.3 is 0 Å². The maximum Gasteiger partial charge on any atom is 0.263 e. The summed E-state index contributed by atoms with van der Waals surface area (Å²) in [4.78, 5) is 25.0. The number of likely N-dealkylation sites (N-methyl/N-ethyl adjacent to an activating group) is 1. The normalized spacial score (nSPS) is 16.0. The van der Waals surface area contributed by atoms with E-state index in [1.165, 1.54) is 16.7 Å². The van der Waals surface area contributed by atoms with Crippen LogP contribution in [0, 0.1) is 0 Å². The quantitative estimate of drug-likeness (QED) is 0.675. The Kier molecular flexibility index (Phi) is 4.98. The van der Waals surface area contributed by atoms with Crippen LogP contribution in [0.4, 0.5) is 0 Å². The van der Waals surface area contributed by atoms with Gasteiger partial charge in [-0.1, -0.05) is 36.1 Å². The number of carbonyl (C=O) groups excluding carboxylic acids is 2. The van der Waals surface area contributed by atoms with Crippen molar-refractivity contribution in [2.24, 2.45) is 0 Å². The molecule has 110 valence electrons. The average Bonchev–Trinajstić information content (AvgIpc) is 2.75. The summed E-state index contributed by atoms with van der Waals surface area (Å²) in [6.45, 7) is -0.0000356. The third-order valence-corrected chi connectivity index (χ3v) is 3.84. The highest BCUT2D eigenvalue weighted by Gasteiger charge is 2.21. The van der Waals surface area contributed by atoms with Crippen molar-refractivity contribution < 1.29 is 14.3 Å². The molecule has 1 saturated heterocycles. The number of ether oxygens (including phenoxy) is 1. The van der Waals surface area contributed by atoms with E-state index < -0.39 is 0 Å². The summed E-state index contributed by atoms with van der Waals surface area (Å²) in [6, 6.07) is 7.14. The van der Waals surface area contributed by atoms with Gasteiger partial charge in [-0.3, -0.25) is 9.59 Å². The Morgan fingerprint density at radius 1 is 1.38 bits per heavy atom. The molecule has 21 heavy (non-hydrogen) atoms. The Labute approximate surface area is 132 Å². The molecule has 0 aromatic heterocycles. The van der Waals surface area contributed by atoms with Crippen molar-refractivity contribution in [1.82, 2.24) is 10.2 Å². The first-order chi connectivity index (χ1) is 9.95. The average molecular weight is 322 g/mol. The zero-order chi connectivity index (χ0) is 15.4. The molecule has 1 N–H and O–H groups in total. The summed E-state index contributed by atoms with van der Waals surface area (Å²) in [5.74, 6) is 0.321. The fraction of sp³-hybridized carbons (Fsp3) is 0.214. The van der Waals surface area contributed by atoms with Gasteiger partial charge in [0, 0.05) is 14.1 Å². The first-order valence-corrected chi connectivity index (χ1v) is 7.36. The van der Waals surface area contributed by atoms with Gasteiger partial charge in [0.25, 0.3) is 11.8 Å². The summed E-state index contributed by atoms with van der Waals surface area (Å²) < 4.78 is 5.84. The molecular weight excluding hydrogens is 308 g/mol. The van der Waals surface area contributed by atoms with E-state index in [2.05, 4.69) is 5.32 Å². The smallest absolute Gasteiger partial charge is 0.263 e. The van der Waals surface area contributed by atoms with E-state index in [0.717, 1.165) is 5.56 Å². The van der Waals surface area contributed by atoms with Gasteiger partial charge < -0.3 is 15.0 Å². The van der Waals surface area contributed by atoms with Crippen LogP contribution in [0.3, 0.4) is 0 Å². The second kappa shape index (κ2) is 6.73. The molecule has 1 aromatic rings. The molecule has 2 rings (SSSR count). The molecule has 1 aromatic carbocycles. The lowest BCUT2D eigenvalue weighted by atomic mass is 10.2. The molecule has 0 unspecified atom stereocenters. The predicted molar refractivity (Wildman–Crippen MR) is 86.9 cm³/mol.